The molecular weight excluding hydrogens is 140 g/mol. The standard InChI is InChI=1S/C8H18N2O/c1-4-7(9-3)6-10-8(11)5-2/h7,9H,4-6H2,1-3H3,(H,10,11). The summed E-state index contributed by atoms with van der Waals surface area (Å²) in [5.41, 5.74) is 0. The summed E-state index contributed by atoms with van der Waals surface area (Å²) in [7, 11) is 1.91. The Morgan fingerprint density at radius 2 is 2.09 bits per heavy atom. The Bertz CT molecular complexity index is 111. The Balaban J connectivity index is 3.42. The van der Waals surface area contributed by atoms with Crippen molar-refractivity contribution in [3.05, 3.63) is 0 Å². The molecule has 11 heavy (non-hydrogen) atoms. The van der Waals surface area contributed by atoms with Gasteiger partial charge in [-0.2, -0.15) is 0 Å². The van der Waals surface area contributed by atoms with Crippen LogP contribution in [0.5, 0.6) is 0 Å². The second-order valence-corrected chi connectivity index (χ2v) is 2.55. The van der Waals surface area contributed by atoms with Crippen LogP contribution in [-0.2, 0) is 4.79 Å². The lowest BCUT2D eigenvalue weighted by Crippen LogP contribution is -2.38. The lowest BCUT2D eigenvalue weighted by molar-refractivity contribution is -0.120. The van der Waals surface area contributed by atoms with Crippen LogP contribution in [0.15, 0.2) is 0 Å². The van der Waals surface area contributed by atoms with Crippen LogP contribution in [0.3, 0.4) is 0 Å². The number of carbonyl (C=O) groups is 1. The molecule has 0 aromatic rings. The first-order valence-corrected chi connectivity index (χ1v) is 4.18. The second kappa shape index (κ2) is 6.16. The van der Waals surface area contributed by atoms with Gasteiger partial charge >= 0.3 is 0 Å². The first kappa shape index (κ1) is 10.4. The summed E-state index contributed by atoms with van der Waals surface area (Å²) in [4.78, 5) is 10.8. The third kappa shape index (κ3) is 4.79. The number of hydrogen-bond acceptors (Lipinski definition) is 2. The Morgan fingerprint density at radius 1 is 1.45 bits per heavy atom. The Hall–Kier alpha value is -0.570. The molecule has 0 saturated heterocycles. The van der Waals surface area contributed by atoms with Gasteiger partial charge in [-0.1, -0.05) is 13.8 Å². The molecule has 0 aromatic carbocycles. The Labute approximate surface area is 68.6 Å². The minimum Gasteiger partial charge on any atom is -0.355 e. The zero-order chi connectivity index (χ0) is 8.69. The van der Waals surface area contributed by atoms with Gasteiger partial charge in [0.25, 0.3) is 0 Å². The van der Waals surface area contributed by atoms with E-state index < -0.39 is 0 Å². The monoisotopic (exact) mass is 158 g/mol. The molecule has 1 amide bonds. The van der Waals surface area contributed by atoms with E-state index in [2.05, 4.69) is 17.6 Å². The number of nitrogens with one attached hydrogen (secondary N) is 2. The minimum atomic E-state index is 0.124. The summed E-state index contributed by atoms with van der Waals surface area (Å²) in [6, 6.07) is 0.408. The van der Waals surface area contributed by atoms with Crippen LogP contribution in [-0.4, -0.2) is 25.5 Å². The number of rotatable bonds is 5. The van der Waals surface area contributed by atoms with Crippen LogP contribution in [0.2, 0.25) is 0 Å². The minimum absolute atomic E-state index is 0.124. The van der Waals surface area contributed by atoms with Gasteiger partial charge in [-0.05, 0) is 13.5 Å². The molecule has 3 heteroatoms. The van der Waals surface area contributed by atoms with Crippen molar-refractivity contribution >= 4 is 5.91 Å². The quantitative estimate of drug-likeness (QED) is 0.612. The van der Waals surface area contributed by atoms with Gasteiger partial charge in [0.15, 0.2) is 0 Å². The molecule has 0 fully saturated rings. The molecule has 0 saturated carbocycles. The van der Waals surface area contributed by atoms with E-state index in [1.165, 1.54) is 0 Å². The highest BCUT2D eigenvalue weighted by Gasteiger charge is 2.03. The molecule has 0 bridgehead atoms. The summed E-state index contributed by atoms with van der Waals surface area (Å²) in [5, 5.41) is 5.95. The van der Waals surface area contributed by atoms with Crippen LogP contribution in [0.4, 0.5) is 0 Å². The molecule has 0 aliphatic heterocycles. The van der Waals surface area contributed by atoms with Gasteiger partial charge in [0.1, 0.15) is 0 Å². The lowest BCUT2D eigenvalue weighted by Gasteiger charge is -2.13. The fraction of sp³-hybridized carbons (Fsp3) is 0.875. The topological polar surface area (TPSA) is 41.1 Å². The van der Waals surface area contributed by atoms with Crippen molar-refractivity contribution in [3.63, 3.8) is 0 Å². The van der Waals surface area contributed by atoms with Gasteiger partial charge in [0.05, 0.1) is 0 Å². The van der Waals surface area contributed by atoms with Gasteiger partial charge in [0.2, 0.25) is 5.91 Å². The molecule has 1 unspecified atom stereocenters. The second-order valence-electron chi connectivity index (χ2n) is 2.55. The average Bonchev–Trinajstić information content (AvgIpc) is 2.06. The lowest BCUT2D eigenvalue weighted by atomic mass is 10.2. The largest absolute Gasteiger partial charge is 0.355 e. The van der Waals surface area contributed by atoms with Crippen molar-refractivity contribution in [2.45, 2.75) is 32.7 Å². The Morgan fingerprint density at radius 3 is 2.45 bits per heavy atom. The van der Waals surface area contributed by atoms with E-state index in [0.29, 0.717) is 12.5 Å². The van der Waals surface area contributed by atoms with Gasteiger partial charge in [-0.25, -0.2) is 0 Å². The highest BCUT2D eigenvalue weighted by Crippen LogP contribution is 1.86. The molecule has 0 radical (unpaired) electrons. The first-order valence-electron chi connectivity index (χ1n) is 4.18. The third-order valence-corrected chi connectivity index (χ3v) is 1.77. The van der Waals surface area contributed by atoms with Gasteiger partial charge in [-0.15, -0.1) is 0 Å². The highest BCUT2D eigenvalue weighted by atomic mass is 16.1. The summed E-state index contributed by atoms with van der Waals surface area (Å²) in [5.74, 6) is 0.124. The SMILES string of the molecule is CCC(=O)NCC(CC)NC. The van der Waals surface area contributed by atoms with E-state index in [-0.39, 0.29) is 5.91 Å². The molecule has 0 rings (SSSR count). The van der Waals surface area contributed by atoms with Crippen molar-refractivity contribution in [2.24, 2.45) is 0 Å². The molecule has 0 aliphatic carbocycles. The van der Waals surface area contributed by atoms with E-state index in [1.807, 2.05) is 14.0 Å². The van der Waals surface area contributed by atoms with Gasteiger partial charge in [-0.3, -0.25) is 4.79 Å². The average molecular weight is 158 g/mol. The van der Waals surface area contributed by atoms with Crippen LogP contribution >= 0.6 is 0 Å². The molecule has 0 aromatic heterocycles. The summed E-state index contributed by atoms with van der Waals surface area (Å²) in [6.45, 7) is 4.69. The van der Waals surface area contributed by atoms with Gasteiger partial charge in [0, 0.05) is 19.0 Å². The number of hydrogen-bond donors (Lipinski definition) is 2. The van der Waals surface area contributed by atoms with Crippen molar-refractivity contribution in [3.8, 4) is 0 Å². The molecular formula is C8H18N2O. The molecule has 0 heterocycles. The smallest absolute Gasteiger partial charge is 0.219 e. The fourth-order valence-electron chi connectivity index (χ4n) is 0.813. The number of carbonyl (C=O) groups excluding carboxylic acids is 1. The fourth-order valence-corrected chi connectivity index (χ4v) is 0.813. The predicted octanol–water partition coefficient (Wildman–Crippen LogP) is 0.511. The maximum absolute atomic E-state index is 10.8. The van der Waals surface area contributed by atoms with Crippen molar-refractivity contribution < 1.29 is 4.79 Å². The molecule has 3 nitrogen and oxygen atoms in total. The van der Waals surface area contributed by atoms with E-state index in [4.69, 9.17) is 0 Å². The number of likely N-dealkylation sites (N-methyl/N-ethyl adjacent to an activating group) is 1. The van der Waals surface area contributed by atoms with Crippen LogP contribution in [0.1, 0.15) is 26.7 Å². The zero-order valence-corrected chi connectivity index (χ0v) is 7.61. The third-order valence-electron chi connectivity index (χ3n) is 1.77. The molecule has 1 atom stereocenters. The van der Waals surface area contributed by atoms with Crippen LogP contribution in [0.25, 0.3) is 0 Å². The van der Waals surface area contributed by atoms with Crippen LogP contribution < -0.4 is 10.6 Å². The van der Waals surface area contributed by atoms with Crippen molar-refractivity contribution in [1.29, 1.82) is 0 Å². The maximum atomic E-state index is 10.8. The number of amides is 1. The molecule has 66 valence electrons. The zero-order valence-electron chi connectivity index (χ0n) is 7.61. The van der Waals surface area contributed by atoms with Crippen molar-refractivity contribution in [1.82, 2.24) is 10.6 Å². The summed E-state index contributed by atoms with van der Waals surface area (Å²) >= 11 is 0. The van der Waals surface area contributed by atoms with E-state index in [0.717, 1.165) is 13.0 Å². The Kier molecular flexibility index (Phi) is 5.84. The normalized spacial score (nSPS) is 12.6. The molecule has 0 spiro atoms. The van der Waals surface area contributed by atoms with E-state index in [1.54, 1.807) is 0 Å². The predicted molar refractivity (Wildman–Crippen MR) is 46.4 cm³/mol. The maximum Gasteiger partial charge on any atom is 0.219 e. The van der Waals surface area contributed by atoms with E-state index in [9.17, 15) is 4.79 Å². The van der Waals surface area contributed by atoms with Crippen LogP contribution in [0, 0.1) is 0 Å². The van der Waals surface area contributed by atoms with E-state index >= 15 is 0 Å². The van der Waals surface area contributed by atoms with Gasteiger partial charge < -0.3 is 10.6 Å². The highest BCUT2D eigenvalue weighted by molar-refractivity contribution is 5.75. The molecule has 2 N–H and O–H groups in total. The van der Waals surface area contributed by atoms with Crippen molar-refractivity contribution in [2.75, 3.05) is 13.6 Å². The molecule has 0 aliphatic rings. The first-order chi connectivity index (χ1) is 5.24. The summed E-state index contributed by atoms with van der Waals surface area (Å²) in [6.07, 6.45) is 1.61. The summed E-state index contributed by atoms with van der Waals surface area (Å²) < 4.78 is 0.